The number of aromatic nitrogens is 4. The van der Waals surface area contributed by atoms with E-state index in [1.165, 1.54) is 11.8 Å². The maximum atomic E-state index is 11.7. The highest BCUT2D eigenvalue weighted by atomic mass is 32.2. The number of amides is 1. The van der Waals surface area contributed by atoms with Crippen molar-refractivity contribution in [1.29, 1.82) is 0 Å². The average Bonchev–Trinajstić information content (AvgIpc) is 2.77. The van der Waals surface area contributed by atoms with Crippen molar-refractivity contribution in [2.75, 3.05) is 26.8 Å². The third-order valence-corrected chi connectivity index (χ3v) is 3.17. The van der Waals surface area contributed by atoms with Gasteiger partial charge in [0.15, 0.2) is 0 Å². The third kappa shape index (κ3) is 4.59. The molecule has 0 fully saturated rings. The van der Waals surface area contributed by atoms with Crippen molar-refractivity contribution in [3.05, 3.63) is 0 Å². The van der Waals surface area contributed by atoms with Crippen molar-refractivity contribution in [1.82, 2.24) is 25.5 Å². The molecule has 1 amide bonds. The van der Waals surface area contributed by atoms with E-state index in [-0.39, 0.29) is 11.2 Å². The zero-order valence-corrected chi connectivity index (χ0v) is 11.3. The van der Waals surface area contributed by atoms with Gasteiger partial charge in [0, 0.05) is 20.2 Å². The molecule has 1 aromatic rings. The van der Waals surface area contributed by atoms with Gasteiger partial charge in [0.25, 0.3) is 0 Å². The molecule has 3 N–H and O–H groups in total. The zero-order valence-electron chi connectivity index (χ0n) is 10.5. The van der Waals surface area contributed by atoms with Gasteiger partial charge in [0.2, 0.25) is 11.1 Å². The fourth-order valence-corrected chi connectivity index (χ4v) is 2.01. The molecule has 1 heterocycles. The van der Waals surface area contributed by atoms with E-state index in [1.807, 2.05) is 0 Å². The van der Waals surface area contributed by atoms with E-state index in [2.05, 4.69) is 20.8 Å². The summed E-state index contributed by atoms with van der Waals surface area (Å²) in [5.74, 6) is -0.0700. The molecule has 1 atom stereocenters. The number of ether oxygens (including phenoxy) is 1. The number of tetrazole rings is 1. The fraction of sp³-hybridized carbons (Fsp3) is 0.778. The smallest absolute Gasteiger partial charge is 0.233 e. The molecule has 102 valence electrons. The number of methoxy groups -OCH3 is 1. The predicted molar refractivity (Wildman–Crippen MR) is 67.1 cm³/mol. The van der Waals surface area contributed by atoms with Crippen LogP contribution in [0.3, 0.4) is 0 Å². The number of nitrogens with zero attached hydrogens (tertiary/aromatic N) is 4. The maximum Gasteiger partial charge on any atom is 0.233 e. The lowest BCUT2D eigenvalue weighted by Crippen LogP contribution is -2.33. The Morgan fingerprint density at radius 2 is 2.44 bits per heavy atom. The number of rotatable bonds is 8. The van der Waals surface area contributed by atoms with Crippen LogP contribution in [0.5, 0.6) is 0 Å². The summed E-state index contributed by atoms with van der Waals surface area (Å²) in [6, 6.07) is 0. The molecule has 0 bridgehead atoms. The molecule has 0 spiro atoms. The highest BCUT2D eigenvalue weighted by molar-refractivity contribution is 8.00. The van der Waals surface area contributed by atoms with E-state index in [1.54, 1.807) is 18.7 Å². The van der Waals surface area contributed by atoms with Crippen LogP contribution in [-0.2, 0) is 16.1 Å². The first-order valence-electron chi connectivity index (χ1n) is 5.58. The van der Waals surface area contributed by atoms with E-state index >= 15 is 0 Å². The minimum atomic E-state index is -0.274. The summed E-state index contributed by atoms with van der Waals surface area (Å²) in [6.07, 6.45) is 0. The predicted octanol–water partition coefficient (Wildman–Crippen LogP) is -1.12. The van der Waals surface area contributed by atoms with Crippen molar-refractivity contribution < 1.29 is 9.53 Å². The lowest BCUT2D eigenvalue weighted by atomic mass is 10.4. The minimum Gasteiger partial charge on any atom is -0.383 e. The van der Waals surface area contributed by atoms with Gasteiger partial charge < -0.3 is 15.8 Å². The van der Waals surface area contributed by atoms with E-state index < -0.39 is 0 Å². The topological polar surface area (TPSA) is 108 Å². The number of thioether (sulfide) groups is 1. The van der Waals surface area contributed by atoms with Crippen molar-refractivity contribution in [3.8, 4) is 0 Å². The fourth-order valence-electron chi connectivity index (χ4n) is 1.18. The van der Waals surface area contributed by atoms with Gasteiger partial charge >= 0.3 is 0 Å². The van der Waals surface area contributed by atoms with Gasteiger partial charge in [-0.25, -0.2) is 4.68 Å². The second-order valence-corrected chi connectivity index (χ2v) is 4.83. The van der Waals surface area contributed by atoms with Crippen LogP contribution in [0.1, 0.15) is 6.92 Å². The number of hydrogen-bond donors (Lipinski definition) is 2. The summed E-state index contributed by atoms with van der Waals surface area (Å²) in [7, 11) is 1.59. The molecule has 1 rings (SSSR count). The Kier molecular flexibility index (Phi) is 6.61. The SMILES string of the molecule is COCCNC(=O)C(C)Sc1nnnn1CCN. The largest absolute Gasteiger partial charge is 0.383 e. The number of hydrogen-bond acceptors (Lipinski definition) is 7. The van der Waals surface area contributed by atoms with Gasteiger partial charge in [0.05, 0.1) is 18.4 Å². The molecular weight excluding hydrogens is 256 g/mol. The molecule has 1 aromatic heterocycles. The van der Waals surface area contributed by atoms with Gasteiger partial charge in [-0.1, -0.05) is 11.8 Å². The number of nitrogens with two attached hydrogens (primary N) is 1. The zero-order chi connectivity index (χ0) is 13.4. The second kappa shape index (κ2) is 8.01. The number of carbonyl (C=O) groups excluding carboxylic acids is 1. The van der Waals surface area contributed by atoms with Gasteiger partial charge in [-0.05, 0) is 17.4 Å². The van der Waals surface area contributed by atoms with Crippen LogP contribution in [0.2, 0.25) is 0 Å². The molecule has 0 aromatic carbocycles. The first-order chi connectivity index (χ1) is 8.69. The van der Waals surface area contributed by atoms with Crippen LogP contribution < -0.4 is 11.1 Å². The van der Waals surface area contributed by atoms with Crippen molar-refractivity contribution in [3.63, 3.8) is 0 Å². The summed E-state index contributed by atoms with van der Waals surface area (Å²) >= 11 is 1.30. The standard InChI is InChI=1S/C9H18N6O2S/c1-7(8(16)11-4-6-17-2)18-9-12-13-14-15(9)5-3-10/h7H,3-6,10H2,1-2H3,(H,11,16). The normalized spacial score (nSPS) is 12.4. The summed E-state index contributed by atoms with van der Waals surface area (Å²) in [5, 5.41) is 14.3. The molecule has 0 saturated heterocycles. The van der Waals surface area contributed by atoms with E-state index in [9.17, 15) is 4.79 Å². The average molecular weight is 274 g/mol. The van der Waals surface area contributed by atoms with Gasteiger partial charge in [0.1, 0.15) is 0 Å². The molecule has 9 heteroatoms. The molecule has 1 unspecified atom stereocenters. The third-order valence-electron chi connectivity index (χ3n) is 2.10. The summed E-state index contributed by atoms with van der Waals surface area (Å²) in [6.45, 7) is 3.77. The lowest BCUT2D eigenvalue weighted by Gasteiger charge is -2.11. The van der Waals surface area contributed by atoms with Crippen LogP contribution in [-0.4, -0.2) is 58.2 Å². The van der Waals surface area contributed by atoms with Crippen LogP contribution in [0.25, 0.3) is 0 Å². The van der Waals surface area contributed by atoms with Crippen LogP contribution in [0.15, 0.2) is 5.16 Å². The van der Waals surface area contributed by atoms with Crippen molar-refractivity contribution in [2.24, 2.45) is 5.73 Å². The van der Waals surface area contributed by atoms with Gasteiger partial charge in [-0.2, -0.15) is 0 Å². The van der Waals surface area contributed by atoms with E-state index in [0.717, 1.165) is 0 Å². The quantitative estimate of drug-likeness (QED) is 0.456. The Morgan fingerprint density at radius 1 is 1.67 bits per heavy atom. The van der Waals surface area contributed by atoms with E-state index in [4.69, 9.17) is 10.5 Å². The summed E-state index contributed by atoms with van der Waals surface area (Å²) in [4.78, 5) is 11.7. The Balaban J connectivity index is 2.45. The molecule has 0 aliphatic carbocycles. The Hall–Kier alpha value is -1.19. The Bertz CT molecular complexity index is 372. The van der Waals surface area contributed by atoms with E-state index in [0.29, 0.717) is 31.4 Å². The summed E-state index contributed by atoms with van der Waals surface area (Å²) < 4.78 is 6.44. The molecule has 18 heavy (non-hydrogen) atoms. The minimum absolute atomic E-state index is 0.0700. The number of carbonyl (C=O) groups is 1. The van der Waals surface area contributed by atoms with Crippen molar-refractivity contribution >= 4 is 17.7 Å². The monoisotopic (exact) mass is 274 g/mol. The number of nitrogens with one attached hydrogen (secondary N) is 1. The van der Waals surface area contributed by atoms with Gasteiger partial charge in [-0.15, -0.1) is 5.10 Å². The Morgan fingerprint density at radius 3 is 3.11 bits per heavy atom. The maximum absolute atomic E-state index is 11.7. The molecule has 0 aliphatic rings. The first kappa shape index (κ1) is 14.9. The van der Waals surface area contributed by atoms with Crippen LogP contribution in [0, 0.1) is 0 Å². The van der Waals surface area contributed by atoms with Crippen LogP contribution >= 0.6 is 11.8 Å². The summed E-state index contributed by atoms with van der Waals surface area (Å²) in [5.41, 5.74) is 5.44. The molecule has 0 radical (unpaired) electrons. The second-order valence-electron chi connectivity index (χ2n) is 3.52. The highest BCUT2D eigenvalue weighted by Gasteiger charge is 2.17. The lowest BCUT2D eigenvalue weighted by molar-refractivity contribution is -0.120. The molecule has 0 aliphatic heterocycles. The highest BCUT2D eigenvalue weighted by Crippen LogP contribution is 2.19. The van der Waals surface area contributed by atoms with Crippen LogP contribution in [0.4, 0.5) is 0 Å². The van der Waals surface area contributed by atoms with Crippen molar-refractivity contribution in [2.45, 2.75) is 23.9 Å². The molecule has 8 nitrogen and oxygen atoms in total. The van der Waals surface area contributed by atoms with Gasteiger partial charge in [-0.3, -0.25) is 4.79 Å². The first-order valence-corrected chi connectivity index (χ1v) is 6.46. The molecule has 0 saturated carbocycles. The molecular formula is C9H18N6O2S. The Labute approximate surface area is 110 Å².